The van der Waals surface area contributed by atoms with Crippen molar-refractivity contribution in [2.24, 2.45) is 0 Å². The summed E-state index contributed by atoms with van der Waals surface area (Å²) in [5, 5.41) is 2.89. The normalized spacial score (nSPS) is 11.4. The molecule has 0 aliphatic carbocycles. The van der Waals surface area contributed by atoms with E-state index in [0.717, 1.165) is 38.8 Å². The second-order valence-corrected chi connectivity index (χ2v) is 9.54. The Morgan fingerprint density at radius 3 is 0.909 bits per heavy atom. The maximum Gasteiger partial charge on any atom is 0.222 e. The number of nitrogens with one attached hydrogen (secondary N) is 1. The number of amides is 1. The van der Waals surface area contributed by atoms with Gasteiger partial charge in [0, 0.05) is 19.6 Å². The Balaban J connectivity index is 3.07. The molecule has 0 fully saturated rings. The van der Waals surface area contributed by atoms with Gasteiger partial charge < -0.3 is 57.4 Å². The number of unbranched alkanes of at least 4 members (excludes halogenated alkanes) is 2. The molecule has 0 aromatic heterocycles. The predicted molar refractivity (Wildman–Crippen MR) is 166 cm³/mol. The van der Waals surface area contributed by atoms with Gasteiger partial charge in [0.15, 0.2) is 0 Å². The van der Waals surface area contributed by atoms with Crippen LogP contribution in [0.4, 0.5) is 0 Å². The third-order valence-electron chi connectivity index (χ3n) is 5.64. The van der Waals surface area contributed by atoms with Gasteiger partial charge in [0.1, 0.15) is 0 Å². The van der Waals surface area contributed by atoms with E-state index in [4.69, 9.17) is 52.1 Å². The molecule has 0 aromatic rings. The van der Waals surface area contributed by atoms with Crippen LogP contribution in [0.15, 0.2) is 0 Å². The van der Waals surface area contributed by atoms with Crippen LogP contribution in [0, 0.1) is 0 Å². The predicted octanol–water partition coefficient (Wildman–Crippen LogP) is 2.28. The van der Waals surface area contributed by atoms with Gasteiger partial charge in [-0.25, -0.2) is 0 Å². The minimum absolute atomic E-state index is 0.0364. The first-order chi connectivity index (χ1) is 21.8. The number of carbonyl (C=O) groups is 1. The van der Waals surface area contributed by atoms with Gasteiger partial charge in [-0.1, -0.05) is 26.7 Å². The van der Waals surface area contributed by atoms with Gasteiger partial charge in [-0.2, -0.15) is 0 Å². The summed E-state index contributed by atoms with van der Waals surface area (Å²) in [5.74, 6) is 0.0364. The number of carbonyl (C=O) groups excluding carboxylic acids is 1. The van der Waals surface area contributed by atoms with Crippen LogP contribution < -0.4 is 5.32 Å². The lowest BCUT2D eigenvalue weighted by molar-refractivity contribution is -0.122. The number of hydrogen-bond acceptors (Lipinski definition) is 12. The summed E-state index contributed by atoms with van der Waals surface area (Å²) in [5.41, 5.74) is 0. The van der Waals surface area contributed by atoms with E-state index >= 15 is 0 Å². The standard InChI is InChI=1S/C31H63NO12/c1-3-5-6-8-32-31(33)7-10-35-12-14-37-16-18-39-20-22-41-24-26-43-28-30-44-29-27-42-25-23-40-21-19-38-17-15-36-13-11-34-9-4-2/h3-30H2,1-2H3,(H,32,33). The average Bonchev–Trinajstić information content (AvgIpc) is 3.03. The van der Waals surface area contributed by atoms with Crippen molar-refractivity contribution in [2.75, 3.05) is 152 Å². The first-order valence-corrected chi connectivity index (χ1v) is 16.4. The highest BCUT2D eigenvalue weighted by molar-refractivity contribution is 5.75. The quantitative estimate of drug-likeness (QED) is 0.0989. The maximum absolute atomic E-state index is 11.6. The summed E-state index contributed by atoms with van der Waals surface area (Å²) in [6.45, 7) is 16.6. The van der Waals surface area contributed by atoms with Crippen LogP contribution in [0.3, 0.4) is 0 Å². The van der Waals surface area contributed by atoms with Gasteiger partial charge in [0.2, 0.25) is 5.91 Å². The molecule has 0 bridgehead atoms. The van der Waals surface area contributed by atoms with Gasteiger partial charge in [0.05, 0.1) is 139 Å². The fourth-order valence-electron chi connectivity index (χ4n) is 3.30. The lowest BCUT2D eigenvalue weighted by Crippen LogP contribution is -2.25. The molecular formula is C31H63NO12. The topological polar surface area (TPSA) is 131 Å². The summed E-state index contributed by atoms with van der Waals surface area (Å²) >= 11 is 0. The zero-order valence-electron chi connectivity index (χ0n) is 27.7. The SMILES string of the molecule is CCCCCNC(=O)CCOCCOCCOCCOCCOCCOCCOCCOCCOCCOCCOCCC. The van der Waals surface area contributed by atoms with Crippen molar-refractivity contribution in [2.45, 2.75) is 46.0 Å². The van der Waals surface area contributed by atoms with Gasteiger partial charge >= 0.3 is 0 Å². The van der Waals surface area contributed by atoms with E-state index in [1.54, 1.807) is 0 Å². The molecule has 264 valence electrons. The summed E-state index contributed by atoms with van der Waals surface area (Å²) in [6.07, 6.45) is 4.72. The summed E-state index contributed by atoms with van der Waals surface area (Å²) in [7, 11) is 0. The minimum Gasteiger partial charge on any atom is -0.379 e. The maximum atomic E-state index is 11.6. The molecule has 0 aliphatic rings. The van der Waals surface area contributed by atoms with Gasteiger partial charge in [-0.15, -0.1) is 0 Å². The second kappa shape index (κ2) is 40.1. The Morgan fingerprint density at radius 2 is 0.636 bits per heavy atom. The molecule has 0 saturated heterocycles. The molecule has 1 amide bonds. The van der Waals surface area contributed by atoms with E-state index in [1.165, 1.54) is 0 Å². The van der Waals surface area contributed by atoms with Gasteiger partial charge in [-0.05, 0) is 12.8 Å². The fraction of sp³-hybridized carbons (Fsp3) is 0.968. The molecule has 0 spiro atoms. The van der Waals surface area contributed by atoms with Gasteiger partial charge in [-0.3, -0.25) is 4.79 Å². The van der Waals surface area contributed by atoms with Crippen molar-refractivity contribution in [1.29, 1.82) is 0 Å². The van der Waals surface area contributed by atoms with Crippen LogP contribution in [-0.4, -0.2) is 158 Å². The zero-order valence-corrected chi connectivity index (χ0v) is 27.7. The molecule has 0 heterocycles. The first-order valence-electron chi connectivity index (χ1n) is 16.4. The van der Waals surface area contributed by atoms with Crippen molar-refractivity contribution in [3.05, 3.63) is 0 Å². The van der Waals surface area contributed by atoms with E-state index < -0.39 is 0 Å². The molecule has 0 radical (unpaired) electrons. The Kier molecular flexibility index (Phi) is 39.2. The molecule has 0 unspecified atom stereocenters. The van der Waals surface area contributed by atoms with Crippen LogP contribution in [-0.2, 0) is 56.9 Å². The monoisotopic (exact) mass is 641 g/mol. The van der Waals surface area contributed by atoms with Crippen LogP contribution in [0.1, 0.15) is 46.0 Å². The van der Waals surface area contributed by atoms with Crippen molar-refractivity contribution >= 4 is 5.91 Å². The molecule has 1 N–H and O–H groups in total. The zero-order chi connectivity index (χ0) is 31.9. The van der Waals surface area contributed by atoms with Gasteiger partial charge in [0.25, 0.3) is 0 Å². The molecular weight excluding hydrogens is 578 g/mol. The smallest absolute Gasteiger partial charge is 0.222 e. The Bertz CT molecular complexity index is 548. The molecule has 0 saturated carbocycles. The molecule has 0 atom stereocenters. The summed E-state index contributed by atoms with van der Waals surface area (Å²) in [4.78, 5) is 11.6. The van der Waals surface area contributed by atoms with Crippen LogP contribution in [0.25, 0.3) is 0 Å². The van der Waals surface area contributed by atoms with Crippen LogP contribution in [0.5, 0.6) is 0 Å². The highest BCUT2D eigenvalue weighted by Gasteiger charge is 2.00. The van der Waals surface area contributed by atoms with Crippen molar-refractivity contribution in [3.63, 3.8) is 0 Å². The first kappa shape index (κ1) is 43.0. The molecule has 0 aliphatic heterocycles. The highest BCUT2D eigenvalue weighted by Crippen LogP contribution is 1.92. The lowest BCUT2D eigenvalue weighted by atomic mass is 10.2. The Hall–Kier alpha value is -0.970. The minimum atomic E-state index is 0.0364. The van der Waals surface area contributed by atoms with Crippen molar-refractivity contribution in [1.82, 2.24) is 5.32 Å². The van der Waals surface area contributed by atoms with E-state index in [0.29, 0.717) is 145 Å². The molecule has 13 heteroatoms. The van der Waals surface area contributed by atoms with Crippen LogP contribution in [0.2, 0.25) is 0 Å². The van der Waals surface area contributed by atoms with E-state index in [9.17, 15) is 4.79 Å². The Labute approximate surface area is 266 Å². The van der Waals surface area contributed by atoms with E-state index in [2.05, 4.69) is 19.2 Å². The third kappa shape index (κ3) is 39.1. The number of ether oxygens (including phenoxy) is 11. The molecule has 13 nitrogen and oxygen atoms in total. The second-order valence-electron chi connectivity index (χ2n) is 9.54. The highest BCUT2D eigenvalue weighted by atomic mass is 16.6. The van der Waals surface area contributed by atoms with Crippen molar-refractivity contribution in [3.8, 4) is 0 Å². The molecule has 0 aromatic carbocycles. The average molecular weight is 642 g/mol. The third-order valence-corrected chi connectivity index (χ3v) is 5.64. The lowest BCUT2D eigenvalue weighted by Gasteiger charge is -2.09. The number of hydrogen-bond donors (Lipinski definition) is 1. The summed E-state index contributed by atoms with van der Waals surface area (Å²) in [6, 6.07) is 0. The van der Waals surface area contributed by atoms with Crippen LogP contribution >= 0.6 is 0 Å². The largest absolute Gasteiger partial charge is 0.379 e. The van der Waals surface area contributed by atoms with E-state index in [1.807, 2.05) is 0 Å². The van der Waals surface area contributed by atoms with E-state index in [-0.39, 0.29) is 5.91 Å². The Morgan fingerprint density at radius 1 is 0.364 bits per heavy atom. The fourth-order valence-corrected chi connectivity index (χ4v) is 3.30. The molecule has 0 rings (SSSR count). The molecule has 44 heavy (non-hydrogen) atoms. The number of rotatable bonds is 39. The van der Waals surface area contributed by atoms with Crippen molar-refractivity contribution < 1.29 is 56.9 Å². The summed E-state index contributed by atoms with van der Waals surface area (Å²) < 4.78 is 59.8.